The molecule has 1 fully saturated rings. The summed E-state index contributed by atoms with van der Waals surface area (Å²) in [7, 11) is 2.31. The molecule has 0 amide bonds. The molecule has 2 aliphatic rings. The molecule has 0 N–H and O–H groups in total. The third-order valence-corrected chi connectivity index (χ3v) is 6.97. The lowest BCUT2D eigenvalue weighted by molar-refractivity contribution is -0.939. The molecule has 0 radical (unpaired) electrons. The van der Waals surface area contributed by atoms with Crippen molar-refractivity contribution in [2.24, 2.45) is 5.92 Å². The van der Waals surface area contributed by atoms with E-state index < -0.39 is 0 Å². The second kappa shape index (κ2) is 9.88. The molecule has 0 bridgehead atoms. The van der Waals surface area contributed by atoms with Crippen LogP contribution >= 0.6 is 0 Å². The summed E-state index contributed by atoms with van der Waals surface area (Å²) in [6, 6.07) is 11.5. The molecule has 1 aliphatic heterocycles. The smallest absolute Gasteiger partial charge is 0.314 e. The van der Waals surface area contributed by atoms with Crippen LogP contribution in [-0.4, -0.2) is 42.7 Å². The number of carbonyl (C=O) groups excluding carboxylic acids is 1. The Morgan fingerprint density at radius 3 is 2.41 bits per heavy atom. The van der Waals surface area contributed by atoms with E-state index in [4.69, 9.17) is 4.74 Å². The number of hydrogen-bond acceptors (Lipinski definition) is 2. The summed E-state index contributed by atoms with van der Waals surface area (Å²) in [6.45, 7) is 6.08. The van der Waals surface area contributed by atoms with E-state index in [0.29, 0.717) is 18.7 Å². The summed E-state index contributed by atoms with van der Waals surface area (Å²) in [6.07, 6.45) is 10.3. The second-order valence-electron chi connectivity index (χ2n) is 8.42. The molecule has 3 rings (SSSR count). The number of halogens is 1. The number of likely N-dealkylation sites (N-methyl/N-ethyl adjacent to an activating group) is 1. The molecule has 4 heteroatoms. The van der Waals surface area contributed by atoms with Crippen LogP contribution in [-0.2, 0) is 9.53 Å². The van der Waals surface area contributed by atoms with Gasteiger partial charge in [-0.25, -0.2) is 0 Å². The van der Waals surface area contributed by atoms with Gasteiger partial charge in [-0.15, -0.1) is 0 Å². The van der Waals surface area contributed by atoms with Gasteiger partial charge in [-0.3, -0.25) is 4.79 Å². The Bertz CT molecular complexity index is 621. The van der Waals surface area contributed by atoms with Crippen LogP contribution in [0.3, 0.4) is 0 Å². The van der Waals surface area contributed by atoms with E-state index in [0.717, 1.165) is 35.9 Å². The molecule has 1 saturated heterocycles. The highest BCUT2D eigenvalue weighted by atomic mass is 79.9. The van der Waals surface area contributed by atoms with Gasteiger partial charge in [-0.1, -0.05) is 42.5 Å². The highest BCUT2D eigenvalue weighted by Crippen LogP contribution is 2.34. The van der Waals surface area contributed by atoms with Crippen molar-refractivity contribution in [2.75, 3.05) is 20.2 Å². The summed E-state index contributed by atoms with van der Waals surface area (Å²) < 4.78 is 6.87. The lowest BCUT2D eigenvalue weighted by atomic mass is 9.80. The molecular weight excluding hydrogens is 402 g/mol. The number of nitrogens with zero attached hydrogens (tertiary/aromatic N) is 1. The van der Waals surface area contributed by atoms with Crippen LogP contribution in [0.15, 0.2) is 42.5 Å². The van der Waals surface area contributed by atoms with Crippen molar-refractivity contribution < 1.29 is 31.0 Å². The number of hydrogen-bond donors (Lipinski definition) is 0. The van der Waals surface area contributed by atoms with Gasteiger partial charge in [0, 0.05) is 12.8 Å². The average Bonchev–Trinajstić information content (AvgIpc) is 2.91. The molecule has 150 valence electrons. The van der Waals surface area contributed by atoms with Crippen molar-refractivity contribution in [2.45, 2.75) is 64.0 Å². The molecule has 0 aromatic heterocycles. The van der Waals surface area contributed by atoms with E-state index in [-0.39, 0.29) is 34.8 Å². The fraction of sp³-hybridized carbons (Fsp3) is 0.609. The Hall–Kier alpha value is -1.13. The molecule has 3 nitrogen and oxygen atoms in total. The normalized spacial score (nSPS) is 31.1. The third-order valence-electron chi connectivity index (χ3n) is 6.97. The monoisotopic (exact) mass is 435 g/mol. The second-order valence-corrected chi connectivity index (χ2v) is 8.42. The van der Waals surface area contributed by atoms with Crippen molar-refractivity contribution in [3.05, 3.63) is 48.0 Å². The number of likely N-dealkylation sites (tertiary alicyclic amines) is 1. The predicted molar refractivity (Wildman–Crippen MR) is 106 cm³/mol. The first-order chi connectivity index (χ1) is 12.5. The van der Waals surface area contributed by atoms with Crippen molar-refractivity contribution in [3.63, 3.8) is 0 Å². The minimum absolute atomic E-state index is 0. The Balaban J connectivity index is 0.00000261. The van der Waals surface area contributed by atoms with Crippen molar-refractivity contribution >= 4 is 5.97 Å². The number of allylic oxidation sites excluding steroid dienone is 2. The van der Waals surface area contributed by atoms with Crippen LogP contribution in [0.1, 0.15) is 57.4 Å². The van der Waals surface area contributed by atoms with Gasteiger partial charge in [0.1, 0.15) is 13.2 Å². The van der Waals surface area contributed by atoms with Crippen LogP contribution in [0.5, 0.6) is 0 Å². The topological polar surface area (TPSA) is 26.3 Å². The lowest BCUT2D eigenvalue weighted by Crippen LogP contribution is -3.00. The molecule has 1 aliphatic carbocycles. The first kappa shape index (κ1) is 22.2. The Morgan fingerprint density at radius 1 is 1.15 bits per heavy atom. The quantitative estimate of drug-likeness (QED) is 0.386. The minimum Gasteiger partial charge on any atom is -1.00 e. The largest absolute Gasteiger partial charge is 1.00 e. The minimum atomic E-state index is -0.175. The van der Waals surface area contributed by atoms with Gasteiger partial charge in [0.05, 0.1) is 25.0 Å². The van der Waals surface area contributed by atoms with E-state index in [1.54, 1.807) is 0 Å². The van der Waals surface area contributed by atoms with E-state index >= 15 is 0 Å². The number of ether oxygens (including phenoxy) is 1. The first-order valence-corrected chi connectivity index (χ1v) is 10.3. The number of quaternary nitrogens is 1. The van der Waals surface area contributed by atoms with Gasteiger partial charge in [0.25, 0.3) is 0 Å². The van der Waals surface area contributed by atoms with Crippen LogP contribution in [0, 0.1) is 5.92 Å². The zero-order valence-electron chi connectivity index (χ0n) is 16.9. The molecule has 27 heavy (non-hydrogen) atoms. The summed E-state index contributed by atoms with van der Waals surface area (Å²) in [5, 5.41) is 0. The van der Waals surface area contributed by atoms with Crippen LogP contribution in [0.4, 0.5) is 0 Å². The number of carbonyl (C=O) groups is 1. The van der Waals surface area contributed by atoms with Crippen molar-refractivity contribution in [1.82, 2.24) is 0 Å². The highest BCUT2D eigenvalue weighted by molar-refractivity contribution is 5.79. The fourth-order valence-electron chi connectivity index (χ4n) is 4.72. The van der Waals surface area contributed by atoms with Gasteiger partial charge < -0.3 is 26.2 Å². The van der Waals surface area contributed by atoms with Gasteiger partial charge in [0.15, 0.2) is 0 Å². The zero-order valence-corrected chi connectivity index (χ0v) is 18.5. The standard InChI is InChI=1S/C23H34NO2.BrH/c1-18-14-15-19(2)24(18,3)16-17-26-23(25)22(20-10-6-4-7-11-20)21-12-8-5-9-13-21;/h4,6-8,10-12,18-19,21-22H,5,9,13-17H2,1-3H3;1H/q+1;/p-1. The van der Waals surface area contributed by atoms with E-state index in [1.807, 2.05) is 18.2 Å². The SMILES string of the molecule is CC1CCC(C)[N+]1(C)CCOC(=O)C(c1ccccc1)C1C=CCCC1.[Br-]. The summed E-state index contributed by atoms with van der Waals surface area (Å²) in [4.78, 5) is 13.0. The van der Waals surface area contributed by atoms with Gasteiger partial charge >= 0.3 is 5.97 Å². The molecule has 4 atom stereocenters. The predicted octanol–water partition coefficient (Wildman–Crippen LogP) is 1.69. The van der Waals surface area contributed by atoms with E-state index in [2.05, 4.69) is 45.2 Å². The molecule has 1 aromatic carbocycles. The number of rotatable bonds is 6. The molecule has 1 heterocycles. The summed E-state index contributed by atoms with van der Waals surface area (Å²) in [5.74, 6) is 0.0263. The summed E-state index contributed by atoms with van der Waals surface area (Å²) >= 11 is 0. The fourth-order valence-corrected chi connectivity index (χ4v) is 4.72. The summed E-state index contributed by atoms with van der Waals surface area (Å²) in [5.41, 5.74) is 1.08. The van der Waals surface area contributed by atoms with Gasteiger partial charge in [-0.2, -0.15) is 0 Å². The molecule has 4 unspecified atom stereocenters. The van der Waals surface area contributed by atoms with Crippen LogP contribution in [0.25, 0.3) is 0 Å². The third kappa shape index (κ3) is 5.03. The molecule has 0 saturated carbocycles. The molecule has 1 aromatic rings. The van der Waals surface area contributed by atoms with Crippen molar-refractivity contribution in [3.8, 4) is 0 Å². The van der Waals surface area contributed by atoms with Crippen LogP contribution < -0.4 is 17.0 Å². The maximum atomic E-state index is 13.0. The Morgan fingerprint density at radius 2 is 1.81 bits per heavy atom. The van der Waals surface area contributed by atoms with Crippen LogP contribution in [0.2, 0.25) is 0 Å². The van der Waals surface area contributed by atoms with E-state index in [1.165, 1.54) is 12.8 Å². The Labute approximate surface area is 175 Å². The van der Waals surface area contributed by atoms with Crippen molar-refractivity contribution in [1.29, 1.82) is 0 Å². The number of benzene rings is 1. The average molecular weight is 436 g/mol. The van der Waals surface area contributed by atoms with E-state index in [9.17, 15) is 4.79 Å². The first-order valence-electron chi connectivity index (χ1n) is 10.3. The number of esters is 1. The van der Waals surface area contributed by atoms with Gasteiger partial charge in [-0.05, 0) is 44.6 Å². The molecular formula is C23H34BrNO2. The Kier molecular flexibility index (Phi) is 8.11. The lowest BCUT2D eigenvalue weighted by Gasteiger charge is -2.38. The maximum Gasteiger partial charge on any atom is 0.314 e. The molecule has 0 spiro atoms. The maximum absolute atomic E-state index is 13.0. The van der Waals surface area contributed by atoms with Gasteiger partial charge in [0.2, 0.25) is 0 Å². The highest BCUT2D eigenvalue weighted by Gasteiger charge is 2.41. The zero-order chi connectivity index (χ0) is 18.6.